The summed E-state index contributed by atoms with van der Waals surface area (Å²) >= 11 is 37.5. The Balaban J connectivity index is 1.07. The predicted molar refractivity (Wildman–Crippen MR) is 231 cm³/mol. The molecule has 0 bridgehead atoms. The lowest BCUT2D eigenvalue weighted by Crippen LogP contribution is -2.15. The molecule has 0 aliphatic heterocycles. The standard InChI is InChI=1S/C36H20BCl6N4O12S2/c38-27-13-21(46(48)49)7-9-33(27)56-35-29(40)15-25(16-30(35)41)60(52,53)44-19-3-1-5-23(11-19)58-37-59-24-6-2-4-20(12-24)45-61(54,55)26-17-31(42)36(32(43)18-26)57-34-10-8-22(47(50)51)14-28(34)39/h1-18,44-45H. The number of nitrogens with zero attached hydrogens (tertiary/aromatic N) is 2. The molecule has 6 aromatic rings. The molecule has 0 aromatic heterocycles. The van der Waals surface area contributed by atoms with Crippen molar-refractivity contribution in [1.82, 2.24) is 0 Å². The summed E-state index contributed by atoms with van der Waals surface area (Å²) in [5.74, 6) is -0.0546. The molecule has 16 nitrogen and oxygen atoms in total. The zero-order valence-corrected chi connectivity index (χ0v) is 36.0. The van der Waals surface area contributed by atoms with Gasteiger partial charge >= 0.3 is 7.69 Å². The number of nitrogens with one attached hydrogen (secondary N) is 2. The van der Waals surface area contributed by atoms with E-state index >= 15 is 0 Å². The fourth-order valence-corrected chi connectivity index (χ4v) is 9.02. The molecular weight excluding hydrogens is 968 g/mol. The van der Waals surface area contributed by atoms with Crippen LogP contribution >= 0.6 is 69.6 Å². The van der Waals surface area contributed by atoms with Crippen LogP contribution in [0.25, 0.3) is 0 Å². The molecule has 2 N–H and O–H groups in total. The normalized spacial score (nSPS) is 11.3. The van der Waals surface area contributed by atoms with Crippen LogP contribution in [0, 0.1) is 20.2 Å². The van der Waals surface area contributed by atoms with Crippen LogP contribution in [0.2, 0.25) is 30.1 Å². The summed E-state index contributed by atoms with van der Waals surface area (Å²) in [5, 5.41) is 21.0. The summed E-state index contributed by atoms with van der Waals surface area (Å²) in [6.07, 6.45) is 0. The van der Waals surface area contributed by atoms with Gasteiger partial charge in [0.25, 0.3) is 31.4 Å². The number of sulfonamides is 2. The van der Waals surface area contributed by atoms with E-state index in [0.29, 0.717) is 0 Å². The Morgan fingerprint density at radius 3 is 1.18 bits per heavy atom. The molecule has 0 unspecified atom stereocenters. The number of nitro benzene ring substituents is 2. The maximum atomic E-state index is 13.3. The number of hydrogen-bond donors (Lipinski definition) is 2. The maximum Gasteiger partial charge on any atom is 0.658 e. The van der Waals surface area contributed by atoms with Crippen LogP contribution in [0.5, 0.6) is 34.5 Å². The van der Waals surface area contributed by atoms with Crippen molar-refractivity contribution in [3.05, 3.63) is 160 Å². The number of non-ortho nitro benzene ring substituents is 2. The van der Waals surface area contributed by atoms with Gasteiger partial charge in [0.2, 0.25) is 0 Å². The Kier molecular flexibility index (Phi) is 13.9. The van der Waals surface area contributed by atoms with E-state index in [4.69, 9.17) is 88.4 Å². The van der Waals surface area contributed by atoms with Gasteiger partial charge in [0.1, 0.15) is 23.0 Å². The first-order valence-corrected chi connectivity index (χ1v) is 21.7. The van der Waals surface area contributed by atoms with Gasteiger partial charge in [-0.15, -0.1) is 0 Å². The smallest absolute Gasteiger partial charge is 0.526 e. The average molecular weight is 988 g/mol. The van der Waals surface area contributed by atoms with Crippen LogP contribution in [0.4, 0.5) is 22.7 Å². The van der Waals surface area contributed by atoms with Crippen molar-refractivity contribution < 1.29 is 45.5 Å². The fraction of sp³-hybridized carbons (Fsp3) is 0. The Bertz CT molecular complexity index is 2710. The number of ether oxygens (including phenoxy) is 2. The number of hydrogen-bond acceptors (Lipinski definition) is 12. The summed E-state index contributed by atoms with van der Waals surface area (Å²) in [5.41, 5.74) is -0.412. The molecule has 25 heteroatoms. The molecule has 0 amide bonds. The minimum absolute atomic E-state index is 0.0156. The highest BCUT2D eigenvalue weighted by atomic mass is 35.5. The Labute approximate surface area is 376 Å². The van der Waals surface area contributed by atoms with Crippen LogP contribution in [0.1, 0.15) is 0 Å². The molecule has 6 aromatic carbocycles. The predicted octanol–water partition coefficient (Wildman–Crippen LogP) is 11.6. The molecule has 61 heavy (non-hydrogen) atoms. The highest BCUT2D eigenvalue weighted by Gasteiger charge is 2.23. The van der Waals surface area contributed by atoms with E-state index in [-0.39, 0.29) is 97.2 Å². The van der Waals surface area contributed by atoms with Crippen LogP contribution in [0.3, 0.4) is 0 Å². The van der Waals surface area contributed by atoms with Gasteiger partial charge in [0.05, 0.1) is 61.1 Å². The second kappa shape index (κ2) is 18.7. The molecule has 313 valence electrons. The Morgan fingerprint density at radius 2 is 0.852 bits per heavy atom. The van der Waals surface area contributed by atoms with Gasteiger partial charge in [-0.05, 0) is 60.7 Å². The van der Waals surface area contributed by atoms with Crippen molar-refractivity contribution in [2.45, 2.75) is 9.79 Å². The first-order chi connectivity index (χ1) is 28.8. The molecule has 0 heterocycles. The second-order valence-electron chi connectivity index (χ2n) is 12.0. The summed E-state index contributed by atoms with van der Waals surface area (Å²) in [6, 6.07) is 22.8. The second-order valence-corrected chi connectivity index (χ2v) is 17.8. The van der Waals surface area contributed by atoms with Gasteiger partial charge in [0.15, 0.2) is 11.5 Å². The summed E-state index contributed by atoms with van der Waals surface area (Å²) in [6.45, 7) is 0. The van der Waals surface area contributed by atoms with E-state index in [0.717, 1.165) is 56.2 Å². The molecule has 0 fully saturated rings. The number of halogens is 6. The molecule has 0 aliphatic rings. The topological polar surface area (TPSA) is 216 Å². The van der Waals surface area contributed by atoms with Crippen LogP contribution < -0.4 is 28.2 Å². The third kappa shape index (κ3) is 11.1. The number of anilines is 2. The first-order valence-electron chi connectivity index (χ1n) is 16.4. The van der Waals surface area contributed by atoms with E-state index in [1.54, 1.807) is 0 Å². The number of benzene rings is 6. The summed E-state index contributed by atoms with van der Waals surface area (Å²) < 4.78 is 80.3. The lowest BCUT2D eigenvalue weighted by Gasteiger charge is -2.14. The fourth-order valence-electron chi connectivity index (χ4n) is 5.00. The molecule has 0 atom stereocenters. The largest absolute Gasteiger partial charge is 0.658 e. The van der Waals surface area contributed by atoms with Crippen molar-refractivity contribution in [2.75, 3.05) is 9.44 Å². The van der Waals surface area contributed by atoms with Crippen LogP contribution in [-0.4, -0.2) is 34.4 Å². The van der Waals surface area contributed by atoms with Crippen molar-refractivity contribution in [2.24, 2.45) is 0 Å². The number of nitro groups is 2. The quantitative estimate of drug-likeness (QED) is 0.0526. The highest BCUT2D eigenvalue weighted by Crippen LogP contribution is 2.43. The highest BCUT2D eigenvalue weighted by molar-refractivity contribution is 7.93. The van der Waals surface area contributed by atoms with Crippen molar-refractivity contribution in [3.63, 3.8) is 0 Å². The summed E-state index contributed by atoms with van der Waals surface area (Å²) in [7, 11) is -7.66. The van der Waals surface area contributed by atoms with E-state index < -0.39 is 29.9 Å². The molecule has 0 spiro atoms. The zero-order chi connectivity index (χ0) is 44.2. The minimum Gasteiger partial charge on any atom is -0.526 e. The Morgan fingerprint density at radius 1 is 0.492 bits per heavy atom. The molecule has 6 rings (SSSR count). The van der Waals surface area contributed by atoms with E-state index in [1.165, 1.54) is 60.7 Å². The summed E-state index contributed by atoms with van der Waals surface area (Å²) in [4.78, 5) is 20.1. The van der Waals surface area contributed by atoms with Crippen LogP contribution in [-0.2, 0) is 20.0 Å². The van der Waals surface area contributed by atoms with Gasteiger partial charge in [0, 0.05) is 36.4 Å². The van der Waals surface area contributed by atoms with Gasteiger partial charge in [-0.3, -0.25) is 29.7 Å². The first kappa shape index (κ1) is 45.2. The van der Waals surface area contributed by atoms with E-state index in [1.807, 2.05) is 0 Å². The molecule has 0 saturated heterocycles. The third-order valence-corrected chi connectivity index (χ3v) is 12.2. The average Bonchev–Trinajstić information content (AvgIpc) is 3.18. The zero-order valence-electron chi connectivity index (χ0n) is 29.8. The van der Waals surface area contributed by atoms with Crippen molar-refractivity contribution >= 4 is 120 Å². The monoisotopic (exact) mass is 985 g/mol. The van der Waals surface area contributed by atoms with Crippen molar-refractivity contribution in [1.29, 1.82) is 0 Å². The van der Waals surface area contributed by atoms with Crippen LogP contribution in [0.15, 0.2) is 119 Å². The number of rotatable bonds is 16. The maximum absolute atomic E-state index is 13.3. The van der Waals surface area contributed by atoms with Gasteiger partial charge < -0.3 is 18.8 Å². The molecule has 0 aliphatic carbocycles. The molecule has 1 radical (unpaired) electrons. The van der Waals surface area contributed by atoms with Crippen molar-refractivity contribution in [3.8, 4) is 34.5 Å². The molecule has 0 saturated carbocycles. The van der Waals surface area contributed by atoms with Gasteiger partial charge in [-0.1, -0.05) is 81.7 Å². The third-order valence-electron chi connectivity index (χ3n) is 7.78. The van der Waals surface area contributed by atoms with E-state index in [9.17, 15) is 37.1 Å². The van der Waals surface area contributed by atoms with Gasteiger partial charge in [-0.25, -0.2) is 16.8 Å². The van der Waals surface area contributed by atoms with E-state index in [2.05, 4.69) is 9.44 Å². The SMILES string of the molecule is O=[N+]([O-])c1ccc(Oc2c(Cl)cc(S(=O)(=O)Nc3cccc(O[B]Oc4cccc(NS(=O)(=O)c5cc(Cl)c(Oc6ccc([N+](=O)[O-])cc6Cl)c(Cl)c5)c4)c3)cc2Cl)c(Cl)c1. The lowest BCUT2D eigenvalue weighted by atomic mass is 10.2. The molecular formula is C36H20BCl6N4O12S2. The lowest BCUT2D eigenvalue weighted by molar-refractivity contribution is -0.385. The van der Waals surface area contributed by atoms with Gasteiger partial charge in [-0.2, -0.15) is 0 Å². The minimum atomic E-state index is -4.29. The Hall–Kier alpha value is -5.38.